The lowest BCUT2D eigenvalue weighted by atomic mass is 9.67. The van der Waals surface area contributed by atoms with Gasteiger partial charge in [0.2, 0.25) is 0 Å². The standard InChI is InChI=1S/C16H26/c1-13(2)16(5,14(3)4)12-11-15-9-7-6-8-10-15/h6-10,13-14H,11-12H2,1-5H3. The van der Waals surface area contributed by atoms with Crippen LogP contribution in [0, 0.1) is 17.3 Å². The van der Waals surface area contributed by atoms with Gasteiger partial charge in [0.15, 0.2) is 0 Å². The summed E-state index contributed by atoms with van der Waals surface area (Å²) in [6.45, 7) is 11.8. The number of hydrogen-bond acceptors (Lipinski definition) is 0. The van der Waals surface area contributed by atoms with E-state index >= 15 is 0 Å². The van der Waals surface area contributed by atoms with Crippen molar-refractivity contribution in [3.63, 3.8) is 0 Å². The van der Waals surface area contributed by atoms with Crippen molar-refractivity contribution in [2.75, 3.05) is 0 Å². The SMILES string of the molecule is CC(C)C(C)(CCc1ccccc1)C(C)C. The van der Waals surface area contributed by atoms with E-state index in [-0.39, 0.29) is 0 Å². The molecule has 0 aliphatic heterocycles. The van der Waals surface area contributed by atoms with E-state index < -0.39 is 0 Å². The fraction of sp³-hybridized carbons (Fsp3) is 0.625. The lowest BCUT2D eigenvalue weighted by Crippen LogP contribution is -2.30. The number of benzene rings is 1. The Labute approximate surface area is 101 Å². The van der Waals surface area contributed by atoms with Gasteiger partial charge in [0.05, 0.1) is 0 Å². The van der Waals surface area contributed by atoms with Gasteiger partial charge in [0.25, 0.3) is 0 Å². The topological polar surface area (TPSA) is 0 Å². The fourth-order valence-corrected chi connectivity index (χ4v) is 2.30. The van der Waals surface area contributed by atoms with Crippen LogP contribution in [0.15, 0.2) is 30.3 Å². The van der Waals surface area contributed by atoms with Crippen molar-refractivity contribution in [2.24, 2.45) is 17.3 Å². The molecule has 0 unspecified atom stereocenters. The van der Waals surface area contributed by atoms with Gasteiger partial charge in [-0.2, -0.15) is 0 Å². The van der Waals surface area contributed by atoms with Crippen molar-refractivity contribution < 1.29 is 0 Å². The molecular formula is C16H26. The third-order valence-electron chi connectivity index (χ3n) is 4.43. The molecule has 1 aromatic rings. The van der Waals surface area contributed by atoms with Gasteiger partial charge < -0.3 is 0 Å². The zero-order valence-corrected chi connectivity index (χ0v) is 11.5. The van der Waals surface area contributed by atoms with Crippen molar-refractivity contribution >= 4 is 0 Å². The second-order valence-electron chi connectivity index (χ2n) is 5.80. The Morgan fingerprint density at radius 1 is 0.938 bits per heavy atom. The van der Waals surface area contributed by atoms with Crippen LogP contribution in [-0.4, -0.2) is 0 Å². The van der Waals surface area contributed by atoms with Crippen LogP contribution in [0.25, 0.3) is 0 Å². The smallest absolute Gasteiger partial charge is 0.0273 e. The Balaban J connectivity index is 2.65. The summed E-state index contributed by atoms with van der Waals surface area (Å²) in [5, 5.41) is 0. The molecule has 1 rings (SSSR count). The zero-order chi connectivity index (χ0) is 12.2. The van der Waals surface area contributed by atoms with E-state index in [9.17, 15) is 0 Å². The summed E-state index contributed by atoms with van der Waals surface area (Å²) in [5.41, 5.74) is 1.92. The Bertz CT molecular complexity index is 287. The van der Waals surface area contributed by atoms with E-state index in [1.165, 1.54) is 18.4 Å². The van der Waals surface area contributed by atoms with E-state index in [0.29, 0.717) is 5.41 Å². The van der Waals surface area contributed by atoms with Gasteiger partial charge in [-0.1, -0.05) is 65.0 Å². The van der Waals surface area contributed by atoms with Gasteiger partial charge in [-0.05, 0) is 35.7 Å². The van der Waals surface area contributed by atoms with E-state index in [1.807, 2.05) is 0 Å². The fourth-order valence-electron chi connectivity index (χ4n) is 2.30. The largest absolute Gasteiger partial charge is 0.0622 e. The molecule has 0 aliphatic carbocycles. The van der Waals surface area contributed by atoms with Crippen LogP contribution in [0.2, 0.25) is 0 Å². The van der Waals surface area contributed by atoms with Gasteiger partial charge >= 0.3 is 0 Å². The molecule has 0 N–H and O–H groups in total. The van der Waals surface area contributed by atoms with Crippen molar-refractivity contribution in [1.82, 2.24) is 0 Å². The van der Waals surface area contributed by atoms with Crippen LogP contribution in [0.3, 0.4) is 0 Å². The minimum Gasteiger partial charge on any atom is -0.0622 e. The Hall–Kier alpha value is -0.780. The third kappa shape index (κ3) is 3.10. The highest BCUT2D eigenvalue weighted by Gasteiger charge is 2.31. The molecule has 0 atom stereocenters. The molecule has 0 aromatic heterocycles. The van der Waals surface area contributed by atoms with Crippen molar-refractivity contribution in [3.8, 4) is 0 Å². The summed E-state index contributed by atoms with van der Waals surface area (Å²) in [7, 11) is 0. The van der Waals surface area contributed by atoms with Crippen LogP contribution in [0.5, 0.6) is 0 Å². The van der Waals surface area contributed by atoms with Gasteiger partial charge in [0, 0.05) is 0 Å². The summed E-state index contributed by atoms with van der Waals surface area (Å²) in [6.07, 6.45) is 2.49. The molecule has 0 heteroatoms. The van der Waals surface area contributed by atoms with E-state index in [1.54, 1.807) is 0 Å². The number of aryl methyl sites for hydroxylation is 1. The zero-order valence-electron chi connectivity index (χ0n) is 11.5. The first-order valence-electron chi connectivity index (χ1n) is 6.50. The molecule has 0 bridgehead atoms. The summed E-state index contributed by atoms with van der Waals surface area (Å²) >= 11 is 0. The normalized spacial score (nSPS) is 12.4. The second-order valence-corrected chi connectivity index (χ2v) is 5.80. The van der Waals surface area contributed by atoms with E-state index in [0.717, 1.165) is 11.8 Å². The maximum atomic E-state index is 2.44. The molecular weight excluding hydrogens is 192 g/mol. The van der Waals surface area contributed by atoms with Crippen LogP contribution in [0.4, 0.5) is 0 Å². The molecule has 0 nitrogen and oxygen atoms in total. The molecule has 0 heterocycles. The predicted octanol–water partition coefficient (Wildman–Crippen LogP) is 4.94. The highest BCUT2D eigenvalue weighted by molar-refractivity contribution is 5.15. The molecule has 0 spiro atoms. The molecule has 1 aromatic carbocycles. The molecule has 0 radical (unpaired) electrons. The van der Waals surface area contributed by atoms with Gasteiger partial charge in [-0.3, -0.25) is 0 Å². The van der Waals surface area contributed by atoms with Gasteiger partial charge in [-0.25, -0.2) is 0 Å². The lowest BCUT2D eigenvalue weighted by molar-refractivity contribution is 0.124. The first kappa shape index (κ1) is 13.3. The number of hydrogen-bond donors (Lipinski definition) is 0. The predicted molar refractivity (Wildman–Crippen MR) is 72.5 cm³/mol. The van der Waals surface area contributed by atoms with Crippen molar-refractivity contribution in [1.29, 1.82) is 0 Å². The van der Waals surface area contributed by atoms with Crippen LogP contribution >= 0.6 is 0 Å². The third-order valence-corrected chi connectivity index (χ3v) is 4.43. The molecule has 0 fully saturated rings. The Morgan fingerprint density at radius 3 is 1.88 bits per heavy atom. The van der Waals surface area contributed by atoms with Gasteiger partial charge in [0.1, 0.15) is 0 Å². The quantitative estimate of drug-likeness (QED) is 0.657. The minimum absolute atomic E-state index is 0.454. The minimum atomic E-state index is 0.454. The second kappa shape index (κ2) is 5.52. The molecule has 16 heavy (non-hydrogen) atoms. The van der Waals surface area contributed by atoms with Crippen LogP contribution < -0.4 is 0 Å². The van der Waals surface area contributed by atoms with E-state index in [4.69, 9.17) is 0 Å². The number of rotatable bonds is 5. The summed E-state index contributed by atoms with van der Waals surface area (Å²) in [4.78, 5) is 0. The molecule has 0 saturated heterocycles. The highest BCUT2D eigenvalue weighted by Crippen LogP contribution is 2.39. The lowest BCUT2D eigenvalue weighted by Gasteiger charge is -2.38. The molecule has 0 aliphatic rings. The summed E-state index contributed by atoms with van der Waals surface area (Å²) in [5.74, 6) is 1.49. The van der Waals surface area contributed by atoms with Crippen LogP contribution in [0.1, 0.15) is 46.6 Å². The molecule has 90 valence electrons. The average Bonchev–Trinajstić information content (AvgIpc) is 2.26. The monoisotopic (exact) mass is 218 g/mol. The Morgan fingerprint density at radius 2 is 1.44 bits per heavy atom. The van der Waals surface area contributed by atoms with Crippen molar-refractivity contribution in [2.45, 2.75) is 47.5 Å². The highest BCUT2D eigenvalue weighted by atomic mass is 14.4. The maximum absolute atomic E-state index is 2.44. The summed E-state index contributed by atoms with van der Waals surface area (Å²) in [6, 6.07) is 10.8. The summed E-state index contributed by atoms with van der Waals surface area (Å²) < 4.78 is 0. The first-order chi connectivity index (χ1) is 7.47. The molecule has 0 amide bonds. The first-order valence-corrected chi connectivity index (χ1v) is 6.50. The average molecular weight is 218 g/mol. The van der Waals surface area contributed by atoms with Crippen molar-refractivity contribution in [3.05, 3.63) is 35.9 Å². The van der Waals surface area contributed by atoms with Gasteiger partial charge in [-0.15, -0.1) is 0 Å². The Kier molecular flexibility index (Phi) is 4.58. The maximum Gasteiger partial charge on any atom is -0.0273 e. The van der Waals surface area contributed by atoms with Crippen LogP contribution in [-0.2, 0) is 6.42 Å². The van der Waals surface area contributed by atoms with E-state index in [2.05, 4.69) is 65.0 Å². The molecule has 0 saturated carbocycles.